The van der Waals surface area contributed by atoms with Crippen LogP contribution in [0, 0.1) is 0 Å². The van der Waals surface area contributed by atoms with Crippen molar-refractivity contribution in [3.05, 3.63) is 55.6 Å². The highest BCUT2D eigenvalue weighted by molar-refractivity contribution is 5.42. The van der Waals surface area contributed by atoms with Crippen LogP contribution in [0.25, 0.3) is 5.70 Å². The summed E-state index contributed by atoms with van der Waals surface area (Å²) in [6.07, 6.45) is 8.25. The van der Waals surface area contributed by atoms with E-state index in [1.54, 1.807) is 0 Å². The Hall–Kier alpha value is -2.36. The van der Waals surface area contributed by atoms with E-state index >= 15 is 0 Å². The van der Waals surface area contributed by atoms with Crippen molar-refractivity contribution >= 4 is 17.1 Å². The van der Waals surface area contributed by atoms with Crippen LogP contribution in [0.15, 0.2) is 55.6 Å². The highest BCUT2D eigenvalue weighted by Crippen LogP contribution is 2.08. The van der Waals surface area contributed by atoms with Gasteiger partial charge in [-0.15, -0.1) is 0 Å². The Bertz CT molecular complexity index is 598. The summed E-state index contributed by atoms with van der Waals surface area (Å²) in [6, 6.07) is 8.39. The van der Waals surface area contributed by atoms with Crippen molar-refractivity contribution in [2.45, 2.75) is 6.54 Å². The molecule has 0 spiro atoms. The lowest BCUT2D eigenvalue weighted by atomic mass is 10.3. The Labute approximate surface area is 127 Å². The Morgan fingerprint density at radius 2 is 1.29 bits per heavy atom. The number of hydrogen-bond donors (Lipinski definition) is 0. The Morgan fingerprint density at radius 3 is 1.71 bits per heavy atom. The maximum absolute atomic E-state index is 4.17. The van der Waals surface area contributed by atoms with Crippen molar-refractivity contribution in [2.24, 2.45) is 0 Å². The summed E-state index contributed by atoms with van der Waals surface area (Å²) in [5.74, 6) is 0. The molecule has 0 radical (unpaired) electrons. The summed E-state index contributed by atoms with van der Waals surface area (Å²) < 4.78 is 4.18. The van der Waals surface area contributed by atoms with Crippen LogP contribution >= 0.6 is 0 Å². The van der Waals surface area contributed by atoms with Crippen molar-refractivity contribution in [1.82, 2.24) is 0 Å². The van der Waals surface area contributed by atoms with Gasteiger partial charge in [0.05, 0.1) is 0 Å². The van der Waals surface area contributed by atoms with Gasteiger partial charge in [-0.05, 0) is 6.58 Å². The number of allylic oxidation sites excluding steroid dienone is 1. The maximum atomic E-state index is 4.17. The Balaban J connectivity index is 2.06. The zero-order chi connectivity index (χ0) is 15.4. The van der Waals surface area contributed by atoms with Gasteiger partial charge in [0, 0.05) is 63.8 Å². The molecule has 4 heteroatoms. The maximum Gasteiger partial charge on any atom is 0.245 e. The molecule has 0 amide bonds. The van der Waals surface area contributed by atoms with Gasteiger partial charge in [-0.1, -0.05) is 0 Å². The minimum Gasteiger partial charge on any atom is -0.377 e. The van der Waals surface area contributed by atoms with Crippen molar-refractivity contribution in [3.63, 3.8) is 0 Å². The zero-order valence-corrected chi connectivity index (χ0v) is 13.3. The van der Waals surface area contributed by atoms with E-state index in [9.17, 15) is 0 Å². The summed E-state index contributed by atoms with van der Waals surface area (Å²) in [5.41, 5.74) is 3.41. The zero-order valence-electron chi connectivity index (χ0n) is 13.3. The molecule has 0 saturated heterocycles. The molecule has 21 heavy (non-hydrogen) atoms. The minimum atomic E-state index is 0.764. The second-order valence-electron chi connectivity index (χ2n) is 5.55. The number of anilines is 2. The predicted octanol–water partition coefficient (Wildman–Crippen LogP) is 1.56. The molecule has 0 atom stereocenters. The molecule has 110 valence electrons. The van der Waals surface area contributed by atoms with Gasteiger partial charge >= 0.3 is 0 Å². The van der Waals surface area contributed by atoms with E-state index in [-0.39, 0.29) is 0 Å². The molecular formula is C17H24N4+2. The first-order valence-corrected chi connectivity index (χ1v) is 7.00. The van der Waals surface area contributed by atoms with Crippen LogP contribution in [0.3, 0.4) is 0 Å². The van der Waals surface area contributed by atoms with Gasteiger partial charge in [0.25, 0.3) is 0 Å². The quantitative estimate of drug-likeness (QED) is 0.774. The summed E-state index contributed by atoms with van der Waals surface area (Å²) in [4.78, 5) is 4.18. The molecule has 2 aromatic rings. The van der Waals surface area contributed by atoms with Crippen molar-refractivity contribution in [2.75, 3.05) is 38.0 Å². The highest BCUT2D eigenvalue weighted by atomic mass is 15.1. The van der Waals surface area contributed by atoms with Crippen LogP contribution in [-0.4, -0.2) is 28.2 Å². The standard InChI is InChI=1S/C17H24N4/c1-15(21-12-8-17(9-13-21)19(4)5)14-20-10-6-16(7-11-20)18(2)3/h6-13H,1,14H2,2-5H3/q+2. The molecule has 0 bridgehead atoms. The van der Waals surface area contributed by atoms with Crippen LogP contribution in [0.4, 0.5) is 11.4 Å². The van der Waals surface area contributed by atoms with Gasteiger partial charge < -0.3 is 9.80 Å². The molecule has 2 rings (SSSR count). The normalized spacial score (nSPS) is 10.3. The fourth-order valence-electron chi connectivity index (χ4n) is 2.07. The first-order chi connectivity index (χ1) is 9.97. The Morgan fingerprint density at radius 1 is 0.857 bits per heavy atom. The van der Waals surface area contributed by atoms with Gasteiger partial charge in [-0.25, -0.2) is 0 Å². The van der Waals surface area contributed by atoms with Gasteiger partial charge in [0.2, 0.25) is 12.2 Å². The smallest absolute Gasteiger partial charge is 0.245 e. The van der Waals surface area contributed by atoms with Crippen molar-refractivity contribution in [3.8, 4) is 0 Å². The fraction of sp³-hybridized carbons (Fsp3) is 0.294. The molecule has 0 aromatic carbocycles. The molecular weight excluding hydrogens is 260 g/mol. The molecule has 0 aliphatic carbocycles. The topological polar surface area (TPSA) is 14.2 Å². The fourth-order valence-corrected chi connectivity index (χ4v) is 2.07. The molecule has 0 unspecified atom stereocenters. The summed E-state index contributed by atoms with van der Waals surface area (Å²) >= 11 is 0. The average Bonchev–Trinajstić information content (AvgIpc) is 2.47. The number of aromatic nitrogens is 2. The van der Waals surface area contributed by atoms with Crippen LogP contribution < -0.4 is 18.9 Å². The van der Waals surface area contributed by atoms with Crippen molar-refractivity contribution < 1.29 is 9.13 Å². The molecule has 0 fully saturated rings. The third kappa shape index (κ3) is 3.81. The number of rotatable bonds is 5. The van der Waals surface area contributed by atoms with E-state index in [0.29, 0.717) is 0 Å². The second-order valence-corrected chi connectivity index (χ2v) is 5.55. The van der Waals surface area contributed by atoms with E-state index < -0.39 is 0 Å². The first kappa shape index (κ1) is 15.0. The van der Waals surface area contributed by atoms with E-state index in [1.807, 2.05) is 40.6 Å². The van der Waals surface area contributed by atoms with E-state index in [0.717, 1.165) is 12.2 Å². The number of pyridine rings is 2. The molecule has 0 aliphatic rings. The average molecular weight is 284 g/mol. The second kappa shape index (κ2) is 6.39. The predicted molar refractivity (Wildman–Crippen MR) is 87.3 cm³/mol. The van der Waals surface area contributed by atoms with Crippen LogP contribution in [0.5, 0.6) is 0 Å². The van der Waals surface area contributed by atoms with Crippen LogP contribution in [-0.2, 0) is 6.54 Å². The number of hydrogen-bond acceptors (Lipinski definition) is 2. The lowest BCUT2D eigenvalue weighted by Gasteiger charge is -2.11. The summed E-state index contributed by atoms with van der Waals surface area (Å²) in [7, 11) is 8.16. The molecule has 0 aliphatic heterocycles. The molecule has 4 nitrogen and oxygen atoms in total. The van der Waals surface area contributed by atoms with E-state index in [2.05, 4.69) is 62.2 Å². The lowest BCUT2D eigenvalue weighted by Crippen LogP contribution is -2.42. The van der Waals surface area contributed by atoms with Crippen LogP contribution in [0.1, 0.15) is 0 Å². The first-order valence-electron chi connectivity index (χ1n) is 7.00. The Kier molecular flexibility index (Phi) is 4.58. The lowest BCUT2D eigenvalue weighted by molar-refractivity contribution is -0.709. The monoisotopic (exact) mass is 284 g/mol. The molecule has 0 N–H and O–H groups in total. The summed E-state index contributed by atoms with van der Waals surface area (Å²) in [6.45, 7) is 4.93. The van der Waals surface area contributed by atoms with E-state index in [4.69, 9.17) is 0 Å². The van der Waals surface area contributed by atoms with Gasteiger partial charge in [0.1, 0.15) is 0 Å². The molecule has 2 aromatic heterocycles. The molecule has 0 saturated carbocycles. The minimum absolute atomic E-state index is 0.764. The SMILES string of the molecule is C=C(C[n+]1ccc(N(C)C)cc1)[n+]1ccc(N(C)C)cc1. The third-order valence-corrected chi connectivity index (χ3v) is 3.45. The van der Waals surface area contributed by atoms with E-state index in [1.165, 1.54) is 11.4 Å². The van der Waals surface area contributed by atoms with Crippen LogP contribution in [0.2, 0.25) is 0 Å². The number of nitrogens with zero attached hydrogens (tertiary/aromatic N) is 4. The highest BCUT2D eigenvalue weighted by Gasteiger charge is 2.13. The third-order valence-electron chi connectivity index (χ3n) is 3.45. The largest absolute Gasteiger partial charge is 0.377 e. The van der Waals surface area contributed by atoms with Gasteiger partial charge in [-0.2, -0.15) is 9.13 Å². The molecule has 2 heterocycles. The van der Waals surface area contributed by atoms with Gasteiger partial charge in [-0.3, -0.25) is 0 Å². The van der Waals surface area contributed by atoms with Gasteiger partial charge in [0.15, 0.2) is 24.8 Å². The summed E-state index contributed by atoms with van der Waals surface area (Å²) in [5, 5.41) is 0. The van der Waals surface area contributed by atoms with Crippen molar-refractivity contribution in [1.29, 1.82) is 0 Å².